The van der Waals surface area contributed by atoms with E-state index in [1.165, 1.54) is 0 Å². The third kappa shape index (κ3) is 3.92. The molecule has 0 aliphatic carbocycles. The molecule has 0 saturated carbocycles. The lowest BCUT2D eigenvalue weighted by atomic mass is 10.1. The number of piperidine rings is 1. The van der Waals surface area contributed by atoms with E-state index in [1.807, 2.05) is 26.8 Å². The first-order valence-electron chi connectivity index (χ1n) is 8.32. The van der Waals surface area contributed by atoms with E-state index in [4.69, 9.17) is 4.74 Å². The Morgan fingerprint density at radius 1 is 1.38 bits per heavy atom. The van der Waals surface area contributed by atoms with Crippen LogP contribution in [0.15, 0.2) is 18.3 Å². The van der Waals surface area contributed by atoms with Crippen molar-refractivity contribution in [2.75, 3.05) is 18.4 Å². The molecule has 3 rings (SSSR count). The fraction of sp³-hybridized carbons (Fsp3) is 0.500. The standard InChI is InChI=1S/C18H23N5O/c1-18(2,3)24-17-15-8-16(22-13-5-4-6-20-11-13)21-10-12(15)7-14(9-19)23-17/h7-8,10,13,20H,4-6,11H2,1-3H3,(H,21,22). The highest BCUT2D eigenvalue weighted by molar-refractivity contribution is 5.89. The number of rotatable bonds is 3. The molecule has 1 atom stereocenters. The van der Waals surface area contributed by atoms with E-state index in [1.54, 1.807) is 12.3 Å². The van der Waals surface area contributed by atoms with Crippen molar-refractivity contribution in [1.29, 1.82) is 5.26 Å². The fourth-order valence-electron chi connectivity index (χ4n) is 2.80. The Balaban J connectivity index is 1.97. The second-order valence-electron chi connectivity index (χ2n) is 7.12. The number of hydrogen-bond acceptors (Lipinski definition) is 6. The average molecular weight is 325 g/mol. The Morgan fingerprint density at radius 3 is 2.88 bits per heavy atom. The lowest BCUT2D eigenvalue weighted by molar-refractivity contribution is 0.126. The van der Waals surface area contributed by atoms with Gasteiger partial charge in [-0.3, -0.25) is 0 Å². The van der Waals surface area contributed by atoms with E-state index in [0.29, 0.717) is 17.6 Å². The minimum atomic E-state index is -0.391. The molecule has 1 aliphatic rings. The van der Waals surface area contributed by atoms with Gasteiger partial charge in [-0.1, -0.05) is 0 Å². The predicted octanol–water partition coefficient (Wildman–Crippen LogP) is 2.84. The molecule has 126 valence electrons. The Hall–Kier alpha value is -2.39. The number of nitrogens with one attached hydrogen (secondary N) is 2. The largest absolute Gasteiger partial charge is 0.471 e. The molecule has 0 spiro atoms. The smallest absolute Gasteiger partial charge is 0.223 e. The topological polar surface area (TPSA) is 82.9 Å². The van der Waals surface area contributed by atoms with Crippen LogP contribution in [-0.4, -0.2) is 34.7 Å². The highest BCUT2D eigenvalue weighted by atomic mass is 16.5. The second-order valence-corrected chi connectivity index (χ2v) is 7.12. The van der Waals surface area contributed by atoms with Gasteiger partial charge in [0.2, 0.25) is 5.88 Å². The van der Waals surface area contributed by atoms with Crippen LogP contribution in [0, 0.1) is 11.3 Å². The summed E-state index contributed by atoms with van der Waals surface area (Å²) in [6, 6.07) is 6.16. The number of ether oxygens (including phenoxy) is 1. The first-order chi connectivity index (χ1) is 11.4. The van der Waals surface area contributed by atoms with Crippen molar-refractivity contribution in [3.05, 3.63) is 24.0 Å². The van der Waals surface area contributed by atoms with Crippen molar-refractivity contribution in [1.82, 2.24) is 15.3 Å². The van der Waals surface area contributed by atoms with E-state index in [-0.39, 0.29) is 0 Å². The summed E-state index contributed by atoms with van der Waals surface area (Å²) in [5.41, 5.74) is -0.0567. The molecule has 6 nitrogen and oxygen atoms in total. The number of hydrogen-bond donors (Lipinski definition) is 2. The number of anilines is 1. The number of nitrogens with zero attached hydrogens (tertiary/aromatic N) is 3. The minimum absolute atomic E-state index is 0.334. The van der Waals surface area contributed by atoms with Crippen molar-refractivity contribution < 1.29 is 4.74 Å². The van der Waals surface area contributed by atoms with Crippen LogP contribution in [0.1, 0.15) is 39.3 Å². The maximum absolute atomic E-state index is 9.18. The van der Waals surface area contributed by atoms with Gasteiger partial charge in [0.15, 0.2) is 0 Å². The summed E-state index contributed by atoms with van der Waals surface area (Å²) in [5, 5.41) is 17.8. The van der Waals surface area contributed by atoms with Crippen LogP contribution in [0.4, 0.5) is 5.82 Å². The summed E-state index contributed by atoms with van der Waals surface area (Å²) in [6.45, 7) is 7.92. The van der Waals surface area contributed by atoms with Crippen molar-refractivity contribution in [3.8, 4) is 11.9 Å². The molecule has 2 N–H and O–H groups in total. The Labute approximate surface area is 142 Å². The van der Waals surface area contributed by atoms with Crippen LogP contribution in [0.3, 0.4) is 0 Å². The summed E-state index contributed by atoms with van der Waals surface area (Å²) >= 11 is 0. The predicted molar refractivity (Wildman–Crippen MR) is 94.1 cm³/mol. The summed E-state index contributed by atoms with van der Waals surface area (Å²) < 4.78 is 5.97. The summed E-state index contributed by atoms with van der Waals surface area (Å²) in [4.78, 5) is 8.82. The lowest BCUT2D eigenvalue weighted by Crippen LogP contribution is -2.38. The maximum atomic E-state index is 9.18. The second kappa shape index (κ2) is 6.62. The Bertz CT molecular complexity index is 769. The first-order valence-corrected chi connectivity index (χ1v) is 8.32. The summed E-state index contributed by atoms with van der Waals surface area (Å²) in [5.74, 6) is 1.28. The fourth-order valence-corrected chi connectivity index (χ4v) is 2.80. The van der Waals surface area contributed by atoms with Crippen molar-refractivity contribution in [2.24, 2.45) is 0 Å². The molecule has 2 aromatic heterocycles. The van der Waals surface area contributed by atoms with Gasteiger partial charge in [-0.2, -0.15) is 5.26 Å². The highest BCUT2D eigenvalue weighted by Crippen LogP contribution is 2.29. The highest BCUT2D eigenvalue weighted by Gasteiger charge is 2.18. The van der Waals surface area contributed by atoms with Crippen molar-refractivity contribution in [3.63, 3.8) is 0 Å². The Morgan fingerprint density at radius 2 is 2.21 bits per heavy atom. The molecule has 3 heterocycles. The SMILES string of the molecule is CC(C)(C)Oc1nc(C#N)cc2cnc(NC3CCCNC3)cc12. The lowest BCUT2D eigenvalue weighted by Gasteiger charge is -2.25. The van der Waals surface area contributed by atoms with Crippen LogP contribution in [0.2, 0.25) is 0 Å². The molecule has 2 aromatic rings. The van der Waals surface area contributed by atoms with Gasteiger partial charge in [-0.15, -0.1) is 0 Å². The van der Waals surface area contributed by atoms with E-state index in [9.17, 15) is 5.26 Å². The molecule has 0 radical (unpaired) electrons. The van der Waals surface area contributed by atoms with Gasteiger partial charge in [-0.05, 0) is 52.3 Å². The van der Waals surface area contributed by atoms with Crippen molar-refractivity contribution >= 4 is 16.6 Å². The first kappa shape index (κ1) is 16.5. The molecular weight excluding hydrogens is 302 g/mol. The van der Waals surface area contributed by atoms with Gasteiger partial charge in [0.1, 0.15) is 23.2 Å². The molecule has 6 heteroatoms. The van der Waals surface area contributed by atoms with E-state index in [2.05, 4.69) is 26.7 Å². The minimum Gasteiger partial charge on any atom is -0.471 e. The zero-order valence-electron chi connectivity index (χ0n) is 14.4. The van der Waals surface area contributed by atoms with Crippen LogP contribution in [0.5, 0.6) is 5.88 Å². The van der Waals surface area contributed by atoms with Crippen LogP contribution in [-0.2, 0) is 0 Å². The monoisotopic (exact) mass is 325 g/mol. The Kier molecular flexibility index (Phi) is 4.54. The third-order valence-electron chi connectivity index (χ3n) is 3.85. The molecule has 1 fully saturated rings. The maximum Gasteiger partial charge on any atom is 0.223 e. The van der Waals surface area contributed by atoms with Gasteiger partial charge in [0, 0.05) is 29.6 Å². The zero-order valence-corrected chi connectivity index (χ0v) is 14.4. The molecule has 1 aliphatic heterocycles. The van der Waals surface area contributed by atoms with E-state index >= 15 is 0 Å². The molecule has 1 saturated heterocycles. The molecular formula is C18H23N5O. The van der Waals surface area contributed by atoms with Gasteiger partial charge >= 0.3 is 0 Å². The van der Waals surface area contributed by atoms with Crippen LogP contribution in [0.25, 0.3) is 10.8 Å². The van der Waals surface area contributed by atoms with E-state index < -0.39 is 5.60 Å². The number of fused-ring (bicyclic) bond motifs is 1. The molecule has 1 unspecified atom stereocenters. The van der Waals surface area contributed by atoms with Gasteiger partial charge in [0.05, 0.1) is 0 Å². The van der Waals surface area contributed by atoms with Gasteiger partial charge in [-0.25, -0.2) is 9.97 Å². The summed E-state index contributed by atoms with van der Waals surface area (Å²) in [7, 11) is 0. The van der Waals surface area contributed by atoms with Gasteiger partial charge < -0.3 is 15.4 Å². The quantitative estimate of drug-likeness (QED) is 0.903. The van der Waals surface area contributed by atoms with Crippen LogP contribution < -0.4 is 15.4 Å². The van der Waals surface area contributed by atoms with Crippen molar-refractivity contribution in [2.45, 2.75) is 45.3 Å². The number of aromatic nitrogens is 2. The zero-order chi connectivity index (χ0) is 17.2. The molecule has 24 heavy (non-hydrogen) atoms. The number of nitriles is 1. The number of pyridine rings is 2. The third-order valence-corrected chi connectivity index (χ3v) is 3.85. The molecule has 0 aromatic carbocycles. The average Bonchev–Trinajstić information content (AvgIpc) is 2.54. The van der Waals surface area contributed by atoms with Crippen LogP contribution >= 0.6 is 0 Å². The summed E-state index contributed by atoms with van der Waals surface area (Å²) in [6.07, 6.45) is 4.06. The van der Waals surface area contributed by atoms with Gasteiger partial charge in [0.25, 0.3) is 0 Å². The van der Waals surface area contributed by atoms with E-state index in [0.717, 1.165) is 42.5 Å². The molecule has 0 amide bonds. The molecule has 0 bridgehead atoms. The normalized spacial score (nSPS) is 18.2.